The summed E-state index contributed by atoms with van der Waals surface area (Å²) in [6.07, 6.45) is 5.25. The molecule has 0 spiro atoms. The van der Waals surface area contributed by atoms with E-state index in [1.165, 1.54) is 29.7 Å². The van der Waals surface area contributed by atoms with Gasteiger partial charge in [-0.3, -0.25) is 25.1 Å². The van der Waals surface area contributed by atoms with Crippen molar-refractivity contribution in [2.75, 3.05) is 18.4 Å². The van der Waals surface area contributed by atoms with Gasteiger partial charge in [0.2, 0.25) is 0 Å². The quantitative estimate of drug-likeness (QED) is 0.461. The summed E-state index contributed by atoms with van der Waals surface area (Å²) in [6, 6.07) is 4.49. The molecule has 12 heteroatoms. The van der Waals surface area contributed by atoms with E-state index in [1.54, 1.807) is 12.3 Å². The number of rotatable bonds is 6. The average molecular weight is 415 g/mol. The Hall–Kier alpha value is -3.38. The number of nitrogens with zero attached hydrogens (tertiary/aromatic N) is 6. The third-order valence-corrected chi connectivity index (χ3v) is 5.37. The highest BCUT2D eigenvalue weighted by Crippen LogP contribution is 2.27. The second-order valence-corrected chi connectivity index (χ2v) is 7.56. The number of aromatic hydroxyl groups is 1. The number of carbonyl (C=O) groups is 1. The lowest BCUT2D eigenvalue weighted by Crippen LogP contribution is -2.18. The lowest BCUT2D eigenvalue weighted by atomic mass is 10.1. The van der Waals surface area contributed by atoms with Crippen LogP contribution in [0.4, 0.5) is 10.1 Å². The standard InChI is InChI=1S/C17H17N7O4S/c25-14-7-12(23-10-11(20-21-23)9-22-5-1-2-6-22)3-4-13(14)16(26)19-17-18-8-15(29-17)24(27)28/h3-4,7-8,10,25H,1-2,5-6,9H2,(H,18,19,26). The Labute approximate surface area is 168 Å². The van der Waals surface area contributed by atoms with E-state index in [2.05, 4.69) is 25.5 Å². The SMILES string of the molecule is O=C(Nc1ncc([N+](=O)[O-])s1)c1ccc(-n2cc(CN3CCCC3)nn2)cc1O. The number of benzene rings is 1. The van der Waals surface area contributed by atoms with Crippen LogP contribution in [0.2, 0.25) is 0 Å². The molecule has 150 valence electrons. The predicted octanol–water partition coefficient (Wildman–Crippen LogP) is 2.19. The molecule has 0 saturated carbocycles. The maximum Gasteiger partial charge on any atom is 0.345 e. The molecule has 3 heterocycles. The van der Waals surface area contributed by atoms with Crippen molar-refractivity contribution in [1.82, 2.24) is 24.9 Å². The molecule has 0 radical (unpaired) electrons. The molecule has 1 aromatic carbocycles. The van der Waals surface area contributed by atoms with E-state index >= 15 is 0 Å². The highest BCUT2D eigenvalue weighted by molar-refractivity contribution is 7.18. The first-order valence-electron chi connectivity index (χ1n) is 8.88. The monoisotopic (exact) mass is 415 g/mol. The van der Waals surface area contributed by atoms with Crippen molar-refractivity contribution in [2.24, 2.45) is 0 Å². The average Bonchev–Trinajstić information content (AvgIpc) is 3.44. The zero-order chi connectivity index (χ0) is 20.4. The molecule has 0 aliphatic carbocycles. The third kappa shape index (κ3) is 4.22. The number of nitro groups is 1. The van der Waals surface area contributed by atoms with Crippen molar-refractivity contribution >= 4 is 27.4 Å². The summed E-state index contributed by atoms with van der Waals surface area (Å²) in [7, 11) is 0. The fourth-order valence-electron chi connectivity index (χ4n) is 3.09. The minimum absolute atomic E-state index is 0.0176. The van der Waals surface area contributed by atoms with Gasteiger partial charge in [-0.25, -0.2) is 9.67 Å². The van der Waals surface area contributed by atoms with Crippen LogP contribution in [0.25, 0.3) is 5.69 Å². The molecule has 1 aliphatic rings. The first-order chi connectivity index (χ1) is 14.0. The molecule has 2 aromatic heterocycles. The lowest BCUT2D eigenvalue weighted by Gasteiger charge is -2.11. The van der Waals surface area contributed by atoms with Crippen LogP contribution < -0.4 is 5.32 Å². The molecule has 1 aliphatic heterocycles. The zero-order valence-electron chi connectivity index (χ0n) is 15.2. The highest BCUT2D eigenvalue weighted by atomic mass is 32.1. The predicted molar refractivity (Wildman–Crippen MR) is 104 cm³/mol. The van der Waals surface area contributed by atoms with Crippen LogP contribution in [0.15, 0.2) is 30.6 Å². The normalized spacial score (nSPS) is 14.2. The summed E-state index contributed by atoms with van der Waals surface area (Å²) in [4.78, 5) is 28.5. The van der Waals surface area contributed by atoms with Crippen LogP contribution in [-0.2, 0) is 6.54 Å². The number of hydrogen-bond donors (Lipinski definition) is 2. The van der Waals surface area contributed by atoms with E-state index in [1.807, 2.05) is 0 Å². The minimum Gasteiger partial charge on any atom is -0.507 e. The molecule has 4 rings (SSSR count). The van der Waals surface area contributed by atoms with Gasteiger partial charge in [-0.15, -0.1) is 5.10 Å². The molecular formula is C17H17N7O4S. The van der Waals surface area contributed by atoms with Crippen molar-refractivity contribution in [3.05, 3.63) is 52.0 Å². The molecule has 2 N–H and O–H groups in total. The Morgan fingerprint density at radius 1 is 1.34 bits per heavy atom. The largest absolute Gasteiger partial charge is 0.507 e. The number of carbonyl (C=O) groups excluding carboxylic acids is 1. The second-order valence-electron chi connectivity index (χ2n) is 6.55. The van der Waals surface area contributed by atoms with E-state index in [-0.39, 0.29) is 21.4 Å². The van der Waals surface area contributed by atoms with E-state index in [0.29, 0.717) is 5.69 Å². The number of nitrogens with one attached hydrogen (secondary N) is 1. The topological polar surface area (TPSA) is 139 Å². The number of anilines is 1. The summed E-state index contributed by atoms with van der Waals surface area (Å²) in [5, 5.41) is 31.6. The van der Waals surface area contributed by atoms with Crippen LogP contribution in [0.3, 0.4) is 0 Å². The first kappa shape index (κ1) is 19.0. The Balaban J connectivity index is 1.46. The van der Waals surface area contributed by atoms with Gasteiger partial charge in [0.25, 0.3) is 5.91 Å². The van der Waals surface area contributed by atoms with E-state index in [4.69, 9.17) is 0 Å². The Morgan fingerprint density at radius 2 is 2.14 bits per heavy atom. The van der Waals surface area contributed by atoms with Gasteiger partial charge >= 0.3 is 5.00 Å². The fourth-order valence-corrected chi connectivity index (χ4v) is 3.72. The Morgan fingerprint density at radius 3 is 2.83 bits per heavy atom. The Kier molecular flexibility index (Phi) is 5.18. The second kappa shape index (κ2) is 7.93. The highest BCUT2D eigenvalue weighted by Gasteiger charge is 2.18. The number of phenols is 1. The molecule has 11 nitrogen and oxygen atoms in total. The summed E-state index contributed by atoms with van der Waals surface area (Å²) in [5.41, 5.74) is 1.41. The minimum atomic E-state index is -0.619. The van der Waals surface area contributed by atoms with Crippen molar-refractivity contribution in [2.45, 2.75) is 19.4 Å². The number of amides is 1. The maximum atomic E-state index is 12.3. The van der Waals surface area contributed by atoms with Gasteiger partial charge in [0, 0.05) is 12.6 Å². The van der Waals surface area contributed by atoms with E-state index in [0.717, 1.165) is 42.9 Å². The molecule has 1 fully saturated rings. The number of phenolic OH excluding ortho intramolecular Hbond substituents is 1. The molecular weight excluding hydrogens is 398 g/mol. The smallest absolute Gasteiger partial charge is 0.345 e. The first-order valence-corrected chi connectivity index (χ1v) is 9.70. The third-order valence-electron chi connectivity index (χ3n) is 4.51. The van der Waals surface area contributed by atoms with E-state index < -0.39 is 10.8 Å². The van der Waals surface area contributed by atoms with Crippen molar-refractivity contribution in [1.29, 1.82) is 0 Å². The maximum absolute atomic E-state index is 12.3. The number of thiazole rings is 1. The van der Waals surface area contributed by atoms with Gasteiger partial charge in [-0.2, -0.15) is 0 Å². The van der Waals surface area contributed by atoms with Crippen LogP contribution in [0, 0.1) is 10.1 Å². The van der Waals surface area contributed by atoms with Crippen molar-refractivity contribution in [3.8, 4) is 11.4 Å². The van der Waals surface area contributed by atoms with Crippen LogP contribution in [-0.4, -0.2) is 53.9 Å². The molecule has 1 amide bonds. The molecule has 0 atom stereocenters. The van der Waals surface area contributed by atoms with E-state index in [9.17, 15) is 20.0 Å². The Bertz CT molecular complexity index is 1060. The van der Waals surface area contributed by atoms with Gasteiger partial charge in [-0.1, -0.05) is 5.21 Å². The summed E-state index contributed by atoms with van der Waals surface area (Å²) < 4.78 is 1.54. The van der Waals surface area contributed by atoms with Crippen LogP contribution in [0.1, 0.15) is 28.9 Å². The molecule has 0 bridgehead atoms. The van der Waals surface area contributed by atoms with Crippen LogP contribution >= 0.6 is 11.3 Å². The van der Waals surface area contributed by atoms with Crippen molar-refractivity contribution in [3.63, 3.8) is 0 Å². The van der Waals surface area contributed by atoms with Gasteiger partial charge in [0.05, 0.1) is 28.1 Å². The van der Waals surface area contributed by atoms with Gasteiger partial charge in [0.1, 0.15) is 11.9 Å². The van der Waals surface area contributed by atoms with Crippen molar-refractivity contribution < 1.29 is 14.8 Å². The summed E-state index contributed by atoms with van der Waals surface area (Å²) in [5.74, 6) is -0.866. The lowest BCUT2D eigenvalue weighted by molar-refractivity contribution is -0.380. The van der Waals surface area contributed by atoms with Gasteiger partial charge in [-0.05, 0) is 49.4 Å². The fraction of sp³-hybridized carbons (Fsp3) is 0.294. The number of hydrogen-bond acceptors (Lipinski definition) is 9. The summed E-state index contributed by atoms with van der Waals surface area (Å²) >= 11 is 0.735. The summed E-state index contributed by atoms with van der Waals surface area (Å²) in [6.45, 7) is 2.84. The molecule has 3 aromatic rings. The van der Waals surface area contributed by atoms with Gasteiger partial charge < -0.3 is 5.11 Å². The number of aromatic nitrogens is 4. The molecule has 29 heavy (non-hydrogen) atoms. The molecule has 1 saturated heterocycles. The molecule has 0 unspecified atom stereocenters. The number of likely N-dealkylation sites (tertiary alicyclic amines) is 1. The zero-order valence-corrected chi connectivity index (χ0v) is 16.0. The van der Waals surface area contributed by atoms with Gasteiger partial charge in [0.15, 0.2) is 5.13 Å². The van der Waals surface area contributed by atoms with Crippen LogP contribution in [0.5, 0.6) is 5.75 Å².